The van der Waals surface area contributed by atoms with Gasteiger partial charge in [0.15, 0.2) is 0 Å². The van der Waals surface area contributed by atoms with Crippen LogP contribution in [-0.2, 0) is 19.4 Å². The first-order chi connectivity index (χ1) is 16.9. The van der Waals surface area contributed by atoms with Gasteiger partial charge in [0.2, 0.25) is 0 Å². The summed E-state index contributed by atoms with van der Waals surface area (Å²) in [6, 6.07) is 22.1. The molecule has 0 saturated heterocycles. The average Bonchev–Trinajstić information content (AvgIpc) is 2.84. The lowest BCUT2D eigenvalue weighted by Crippen LogP contribution is -2.28. The van der Waals surface area contributed by atoms with E-state index in [9.17, 15) is 9.59 Å². The van der Waals surface area contributed by atoms with Crippen molar-refractivity contribution < 1.29 is 14.3 Å². The second kappa shape index (κ2) is 13.0. The number of nitrogens with two attached hydrogens (primary N) is 2. The van der Waals surface area contributed by atoms with Crippen LogP contribution in [0.25, 0.3) is 0 Å². The number of carbonyl (C=O) groups excluding carboxylic acids is 2. The minimum atomic E-state index is -0.630. The van der Waals surface area contributed by atoms with Crippen LogP contribution in [0, 0.1) is 0 Å². The highest BCUT2D eigenvalue weighted by Gasteiger charge is 2.10. The third kappa shape index (κ3) is 8.68. The van der Waals surface area contributed by atoms with Gasteiger partial charge in [0.05, 0.1) is 5.69 Å². The largest absolute Gasteiger partial charge is 0.487 e. The molecule has 0 aliphatic carbocycles. The van der Waals surface area contributed by atoms with Crippen molar-refractivity contribution in [2.24, 2.45) is 11.5 Å². The lowest BCUT2D eigenvalue weighted by Gasteiger charge is -2.21. The number of nitrogens with one attached hydrogen (secondary N) is 2. The van der Waals surface area contributed by atoms with E-state index in [0.717, 1.165) is 49.2 Å². The summed E-state index contributed by atoms with van der Waals surface area (Å²) >= 11 is 0. The Balaban J connectivity index is 1.58. The van der Waals surface area contributed by atoms with Crippen molar-refractivity contribution in [3.63, 3.8) is 0 Å². The summed E-state index contributed by atoms with van der Waals surface area (Å²) in [6.07, 6.45) is 1.66. The molecule has 3 rings (SSSR count). The number of rotatable bonds is 12. The van der Waals surface area contributed by atoms with Gasteiger partial charge in [-0.2, -0.15) is 0 Å². The molecule has 0 saturated carbocycles. The quantitative estimate of drug-likeness (QED) is 0.311. The van der Waals surface area contributed by atoms with E-state index in [-0.39, 0.29) is 0 Å². The number of carbonyl (C=O) groups is 2. The van der Waals surface area contributed by atoms with Gasteiger partial charge < -0.3 is 31.7 Å². The summed E-state index contributed by atoms with van der Waals surface area (Å²) in [7, 11) is 0. The molecular formula is C27H33N5O3. The van der Waals surface area contributed by atoms with E-state index < -0.39 is 12.1 Å². The Hall–Kier alpha value is -4.04. The number of nitrogens with zero attached hydrogens (tertiary/aromatic N) is 1. The Morgan fingerprint density at radius 3 is 2.11 bits per heavy atom. The van der Waals surface area contributed by atoms with E-state index in [1.807, 2.05) is 72.8 Å². The van der Waals surface area contributed by atoms with Gasteiger partial charge in [-0.05, 0) is 60.3 Å². The molecule has 0 aliphatic heterocycles. The summed E-state index contributed by atoms with van der Waals surface area (Å²) in [6.45, 7) is 5.17. The number of ether oxygens (including phenoxy) is 1. The van der Waals surface area contributed by atoms with E-state index in [0.29, 0.717) is 23.7 Å². The van der Waals surface area contributed by atoms with Gasteiger partial charge in [0.1, 0.15) is 12.4 Å². The molecule has 0 radical (unpaired) electrons. The van der Waals surface area contributed by atoms with Crippen molar-refractivity contribution in [2.75, 3.05) is 30.3 Å². The van der Waals surface area contributed by atoms with Gasteiger partial charge in [-0.15, -0.1) is 0 Å². The molecule has 3 aromatic carbocycles. The zero-order chi connectivity index (χ0) is 25.0. The van der Waals surface area contributed by atoms with Crippen LogP contribution in [0.1, 0.15) is 23.6 Å². The maximum absolute atomic E-state index is 11.5. The highest BCUT2D eigenvalue weighted by Crippen LogP contribution is 2.27. The number of amides is 4. The van der Waals surface area contributed by atoms with Gasteiger partial charge in [0.25, 0.3) is 0 Å². The fraction of sp³-hybridized carbons (Fsp3) is 0.259. The van der Waals surface area contributed by atoms with Gasteiger partial charge in [-0.3, -0.25) is 0 Å². The zero-order valence-corrected chi connectivity index (χ0v) is 20.0. The number of anilines is 2. The Labute approximate surface area is 206 Å². The molecule has 4 amide bonds. The minimum Gasteiger partial charge on any atom is -0.487 e. The number of urea groups is 2. The van der Waals surface area contributed by atoms with Crippen molar-refractivity contribution in [1.82, 2.24) is 4.90 Å². The Morgan fingerprint density at radius 2 is 1.46 bits per heavy atom. The van der Waals surface area contributed by atoms with Crippen molar-refractivity contribution in [3.8, 4) is 5.75 Å². The molecule has 184 valence electrons. The molecule has 0 unspecified atom stereocenters. The number of hydrogen-bond acceptors (Lipinski definition) is 4. The lowest BCUT2D eigenvalue weighted by molar-refractivity contribution is 0.258. The van der Waals surface area contributed by atoms with Crippen LogP contribution in [-0.4, -0.2) is 36.6 Å². The van der Waals surface area contributed by atoms with Crippen molar-refractivity contribution >= 4 is 23.4 Å². The summed E-state index contributed by atoms with van der Waals surface area (Å²) in [5.74, 6) is 0.577. The minimum absolute atomic E-state index is 0.396. The molecule has 0 spiro atoms. The molecule has 0 bridgehead atoms. The van der Waals surface area contributed by atoms with Gasteiger partial charge in [-0.25, -0.2) is 9.59 Å². The molecule has 0 aromatic heterocycles. The Bertz CT molecular complexity index is 1120. The van der Waals surface area contributed by atoms with Crippen molar-refractivity contribution in [2.45, 2.75) is 26.4 Å². The SMILES string of the molecule is CCN(CCc1cccc(NC(N)=O)c1)CCc1ccc(OCc2ccccc2)c(NC(N)=O)c1. The first kappa shape index (κ1) is 25.6. The summed E-state index contributed by atoms with van der Waals surface area (Å²) in [4.78, 5) is 25.0. The summed E-state index contributed by atoms with van der Waals surface area (Å²) in [5.41, 5.74) is 15.1. The molecule has 0 atom stereocenters. The highest BCUT2D eigenvalue weighted by atomic mass is 16.5. The Kier molecular flexibility index (Phi) is 9.50. The van der Waals surface area contributed by atoms with Crippen LogP contribution < -0.4 is 26.8 Å². The third-order valence-electron chi connectivity index (χ3n) is 5.61. The van der Waals surface area contributed by atoms with Crippen LogP contribution in [0.4, 0.5) is 21.0 Å². The zero-order valence-electron chi connectivity index (χ0n) is 20.0. The van der Waals surface area contributed by atoms with Crippen LogP contribution in [0.2, 0.25) is 0 Å². The smallest absolute Gasteiger partial charge is 0.316 e. The molecule has 0 fully saturated rings. The molecule has 0 heterocycles. The average molecular weight is 476 g/mol. The fourth-order valence-corrected chi connectivity index (χ4v) is 3.77. The Morgan fingerprint density at radius 1 is 0.800 bits per heavy atom. The van der Waals surface area contributed by atoms with Crippen molar-refractivity contribution in [1.29, 1.82) is 0 Å². The van der Waals surface area contributed by atoms with Crippen LogP contribution in [0.15, 0.2) is 72.8 Å². The normalized spacial score (nSPS) is 10.7. The van der Waals surface area contributed by atoms with Gasteiger partial charge >= 0.3 is 12.1 Å². The van der Waals surface area contributed by atoms with Gasteiger partial charge in [0, 0.05) is 18.8 Å². The number of benzene rings is 3. The second-order valence-electron chi connectivity index (χ2n) is 8.22. The molecule has 8 nitrogen and oxygen atoms in total. The number of primary amides is 2. The first-order valence-corrected chi connectivity index (χ1v) is 11.7. The summed E-state index contributed by atoms with van der Waals surface area (Å²) < 4.78 is 5.93. The van der Waals surface area contributed by atoms with Gasteiger partial charge in [-0.1, -0.05) is 55.5 Å². The first-order valence-electron chi connectivity index (χ1n) is 11.7. The predicted molar refractivity (Wildman–Crippen MR) is 140 cm³/mol. The number of hydrogen-bond donors (Lipinski definition) is 4. The van der Waals surface area contributed by atoms with Crippen molar-refractivity contribution in [3.05, 3.63) is 89.5 Å². The summed E-state index contributed by atoms with van der Waals surface area (Å²) in [5, 5.41) is 5.29. The second-order valence-corrected chi connectivity index (χ2v) is 8.22. The molecule has 8 heteroatoms. The highest BCUT2D eigenvalue weighted by molar-refractivity contribution is 5.89. The lowest BCUT2D eigenvalue weighted by atomic mass is 10.1. The molecule has 3 aromatic rings. The van der Waals surface area contributed by atoms with Crippen LogP contribution in [0.5, 0.6) is 5.75 Å². The van der Waals surface area contributed by atoms with E-state index in [4.69, 9.17) is 16.2 Å². The fourth-order valence-electron chi connectivity index (χ4n) is 3.77. The van der Waals surface area contributed by atoms with Crippen LogP contribution >= 0.6 is 0 Å². The third-order valence-corrected chi connectivity index (χ3v) is 5.61. The molecule has 0 aliphatic rings. The monoisotopic (exact) mass is 475 g/mol. The number of likely N-dealkylation sites (N-methyl/N-ethyl adjacent to an activating group) is 1. The maximum Gasteiger partial charge on any atom is 0.316 e. The maximum atomic E-state index is 11.5. The topological polar surface area (TPSA) is 123 Å². The molecular weight excluding hydrogens is 442 g/mol. The van der Waals surface area contributed by atoms with E-state index in [1.54, 1.807) is 0 Å². The van der Waals surface area contributed by atoms with E-state index in [1.165, 1.54) is 0 Å². The van der Waals surface area contributed by atoms with E-state index >= 15 is 0 Å². The molecule has 6 N–H and O–H groups in total. The van der Waals surface area contributed by atoms with Crippen LogP contribution in [0.3, 0.4) is 0 Å². The molecule has 35 heavy (non-hydrogen) atoms. The van der Waals surface area contributed by atoms with E-state index in [2.05, 4.69) is 22.5 Å². The predicted octanol–water partition coefficient (Wildman–Crippen LogP) is 4.35. The standard InChI is InChI=1S/C27H33N5O3/c1-2-32(15-13-20-9-6-10-23(17-20)30-26(28)33)16-14-21-11-12-25(24(18-21)31-27(29)34)35-19-22-7-4-3-5-8-22/h3-12,17-18H,2,13-16,19H2,1H3,(H3,28,30,33)(H3,29,31,34).